The fraction of sp³-hybridized carbons (Fsp3) is 0.182. The summed E-state index contributed by atoms with van der Waals surface area (Å²) in [5.74, 6) is -2.32. The highest BCUT2D eigenvalue weighted by Crippen LogP contribution is 2.29. The molecule has 1 aromatic heterocycles. The van der Waals surface area contributed by atoms with E-state index in [1.165, 1.54) is 18.9 Å². The van der Waals surface area contributed by atoms with Crippen molar-refractivity contribution in [1.29, 1.82) is 0 Å². The summed E-state index contributed by atoms with van der Waals surface area (Å²) in [5, 5.41) is 13.4. The van der Waals surface area contributed by atoms with Crippen LogP contribution in [0.25, 0.3) is 16.9 Å². The van der Waals surface area contributed by atoms with Gasteiger partial charge in [0.15, 0.2) is 5.69 Å². The monoisotopic (exact) mass is 408 g/mol. The number of nitrogens with zero attached hydrogens (tertiary/aromatic N) is 2. The molecule has 8 heteroatoms. The number of methoxy groups -OCH3 is 2. The molecule has 3 rings (SSSR count). The molecule has 2 aromatic carbocycles. The SMILES string of the molecule is COC(=O)c1c(-c2ccc(CCC(=O)O)cc2)nn(-c2ccccc2)c1C(=O)OC. The number of carbonyl (C=O) groups is 3. The summed E-state index contributed by atoms with van der Waals surface area (Å²) in [6.07, 6.45) is 0.396. The van der Waals surface area contributed by atoms with Crippen molar-refractivity contribution in [2.45, 2.75) is 12.8 Å². The molecule has 1 N–H and O–H groups in total. The van der Waals surface area contributed by atoms with Gasteiger partial charge in [-0.05, 0) is 24.1 Å². The number of carboxylic acids is 1. The minimum absolute atomic E-state index is 0.00788. The molecule has 0 saturated heterocycles. The van der Waals surface area contributed by atoms with Crippen LogP contribution in [0, 0.1) is 0 Å². The maximum atomic E-state index is 12.6. The van der Waals surface area contributed by atoms with Crippen molar-refractivity contribution < 1.29 is 29.0 Å². The molecule has 0 fully saturated rings. The zero-order valence-corrected chi connectivity index (χ0v) is 16.5. The largest absolute Gasteiger partial charge is 0.481 e. The smallest absolute Gasteiger partial charge is 0.357 e. The van der Waals surface area contributed by atoms with Crippen LogP contribution >= 0.6 is 0 Å². The van der Waals surface area contributed by atoms with Gasteiger partial charge in [-0.3, -0.25) is 4.79 Å². The van der Waals surface area contributed by atoms with Gasteiger partial charge in [-0.1, -0.05) is 42.5 Å². The first kappa shape index (κ1) is 20.8. The molecule has 0 unspecified atom stereocenters. The molecule has 154 valence electrons. The summed E-state index contributed by atoms with van der Waals surface area (Å²) in [6, 6.07) is 15.9. The summed E-state index contributed by atoms with van der Waals surface area (Å²) in [6.45, 7) is 0. The Morgan fingerprint density at radius 1 is 0.933 bits per heavy atom. The van der Waals surface area contributed by atoms with Gasteiger partial charge < -0.3 is 14.6 Å². The lowest BCUT2D eigenvalue weighted by atomic mass is 10.0. The zero-order valence-electron chi connectivity index (χ0n) is 16.5. The Labute approximate surface area is 172 Å². The molecule has 1 heterocycles. The predicted octanol–water partition coefficient (Wildman–Crippen LogP) is 3.13. The number of aromatic nitrogens is 2. The highest BCUT2D eigenvalue weighted by Gasteiger charge is 2.31. The standard InChI is InChI=1S/C22H20N2O6/c1-29-21(27)18-19(15-11-8-14(9-12-15)10-13-17(25)26)23-24(20(18)22(28)30-2)16-6-4-3-5-7-16/h3-9,11-12H,10,13H2,1-2H3,(H,25,26). The summed E-state index contributed by atoms with van der Waals surface area (Å²) in [5.41, 5.74) is 2.20. The van der Waals surface area contributed by atoms with E-state index in [0.29, 0.717) is 17.7 Å². The van der Waals surface area contributed by atoms with Crippen LogP contribution < -0.4 is 0 Å². The number of aliphatic carboxylic acids is 1. The number of para-hydroxylation sites is 1. The third-order valence-electron chi connectivity index (χ3n) is 4.51. The summed E-state index contributed by atoms with van der Waals surface area (Å²) in [7, 11) is 2.45. The molecule has 30 heavy (non-hydrogen) atoms. The number of ether oxygens (including phenoxy) is 2. The molecule has 0 aliphatic carbocycles. The molecular weight excluding hydrogens is 388 g/mol. The Bertz CT molecular complexity index is 1070. The van der Waals surface area contributed by atoms with E-state index in [9.17, 15) is 14.4 Å². The van der Waals surface area contributed by atoms with Crippen molar-refractivity contribution >= 4 is 17.9 Å². The van der Waals surface area contributed by atoms with Crippen LogP contribution in [0.15, 0.2) is 54.6 Å². The third-order valence-corrected chi connectivity index (χ3v) is 4.51. The average molecular weight is 408 g/mol. The van der Waals surface area contributed by atoms with Gasteiger partial charge in [0, 0.05) is 12.0 Å². The number of hydrogen-bond acceptors (Lipinski definition) is 6. The Kier molecular flexibility index (Phi) is 6.26. The summed E-state index contributed by atoms with van der Waals surface area (Å²) < 4.78 is 11.2. The van der Waals surface area contributed by atoms with Crippen molar-refractivity contribution in [3.63, 3.8) is 0 Å². The van der Waals surface area contributed by atoms with Gasteiger partial charge in [-0.15, -0.1) is 0 Å². The first-order valence-electron chi connectivity index (χ1n) is 9.12. The Morgan fingerprint density at radius 3 is 2.13 bits per heavy atom. The summed E-state index contributed by atoms with van der Waals surface area (Å²) in [4.78, 5) is 35.9. The van der Waals surface area contributed by atoms with E-state index in [4.69, 9.17) is 14.6 Å². The van der Waals surface area contributed by atoms with Gasteiger partial charge in [0.25, 0.3) is 0 Å². The topological polar surface area (TPSA) is 108 Å². The van der Waals surface area contributed by atoms with Crippen LogP contribution in [-0.4, -0.2) is 47.0 Å². The second-order valence-corrected chi connectivity index (χ2v) is 6.39. The molecule has 0 atom stereocenters. The molecule has 0 bridgehead atoms. The number of aryl methyl sites for hydroxylation is 1. The number of benzene rings is 2. The molecule has 0 saturated carbocycles. The maximum Gasteiger partial charge on any atom is 0.357 e. The van der Waals surface area contributed by atoms with E-state index in [0.717, 1.165) is 5.56 Å². The van der Waals surface area contributed by atoms with Crippen LogP contribution in [-0.2, 0) is 20.7 Å². The second kappa shape index (κ2) is 9.04. The number of esters is 2. The summed E-state index contributed by atoms with van der Waals surface area (Å²) >= 11 is 0. The van der Waals surface area contributed by atoms with Crippen molar-refractivity contribution in [2.24, 2.45) is 0 Å². The number of carboxylic acid groups (broad SMARTS) is 1. The Hall–Kier alpha value is -3.94. The normalized spacial score (nSPS) is 10.5. The lowest BCUT2D eigenvalue weighted by molar-refractivity contribution is -0.136. The van der Waals surface area contributed by atoms with Gasteiger partial charge in [0.2, 0.25) is 0 Å². The van der Waals surface area contributed by atoms with Crippen LogP contribution in [0.4, 0.5) is 0 Å². The highest BCUT2D eigenvalue weighted by molar-refractivity contribution is 6.06. The molecular formula is C22H20N2O6. The van der Waals surface area contributed by atoms with E-state index in [-0.39, 0.29) is 23.4 Å². The molecule has 0 aliphatic heterocycles. The quantitative estimate of drug-likeness (QED) is 0.599. The van der Waals surface area contributed by atoms with E-state index in [1.54, 1.807) is 48.5 Å². The van der Waals surface area contributed by atoms with Gasteiger partial charge in [0.1, 0.15) is 11.3 Å². The van der Waals surface area contributed by atoms with E-state index < -0.39 is 17.9 Å². The van der Waals surface area contributed by atoms with Gasteiger partial charge in [-0.25, -0.2) is 14.3 Å². The maximum absolute atomic E-state index is 12.6. The lowest BCUT2D eigenvalue weighted by Crippen LogP contribution is -2.15. The van der Waals surface area contributed by atoms with Crippen molar-refractivity contribution in [3.05, 3.63) is 71.4 Å². The number of carbonyl (C=O) groups excluding carboxylic acids is 2. The first-order valence-corrected chi connectivity index (χ1v) is 9.12. The number of rotatable bonds is 7. The molecule has 3 aromatic rings. The van der Waals surface area contributed by atoms with E-state index in [2.05, 4.69) is 5.10 Å². The van der Waals surface area contributed by atoms with Crippen molar-refractivity contribution in [1.82, 2.24) is 9.78 Å². The fourth-order valence-electron chi connectivity index (χ4n) is 3.04. The molecule has 8 nitrogen and oxygen atoms in total. The Balaban J connectivity index is 2.16. The van der Waals surface area contributed by atoms with Crippen LogP contribution in [0.1, 0.15) is 32.8 Å². The second-order valence-electron chi connectivity index (χ2n) is 6.39. The van der Waals surface area contributed by atoms with E-state index >= 15 is 0 Å². The molecule has 0 spiro atoms. The third kappa shape index (κ3) is 4.22. The van der Waals surface area contributed by atoms with Crippen LogP contribution in [0.5, 0.6) is 0 Å². The zero-order chi connectivity index (χ0) is 21.7. The van der Waals surface area contributed by atoms with Crippen molar-refractivity contribution in [2.75, 3.05) is 14.2 Å². The van der Waals surface area contributed by atoms with Crippen LogP contribution in [0.3, 0.4) is 0 Å². The van der Waals surface area contributed by atoms with E-state index in [1.807, 2.05) is 6.07 Å². The minimum Gasteiger partial charge on any atom is -0.481 e. The fourth-order valence-corrected chi connectivity index (χ4v) is 3.04. The molecule has 0 aliphatic rings. The number of hydrogen-bond donors (Lipinski definition) is 1. The van der Waals surface area contributed by atoms with Gasteiger partial charge in [-0.2, -0.15) is 5.10 Å². The molecule has 0 radical (unpaired) electrons. The lowest BCUT2D eigenvalue weighted by Gasteiger charge is -2.07. The van der Waals surface area contributed by atoms with Crippen molar-refractivity contribution in [3.8, 4) is 16.9 Å². The highest BCUT2D eigenvalue weighted by atomic mass is 16.5. The molecule has 0 amide bonds. The average Bonchev–Trinajstić information content (AvgIpc) is 3.18. The Morgan fingerprint density at radius 2 is 1.57 bits per heavy atom. The predicted molar refractivity (Wildman–Crippen MR) is 108 cm³/mol. The van der Waals surface area contributed by atoms with Crippen LogP contribution in [0.2, 0.25) is 0 Å². The first-order chi connectivity index (χ1) is 14.5. The van der Waals surface area contributed by atoms with Gasteiger partial charge in [0.05, 0.1) is 19.9 Å². The van der Waals surface area contributed by atoms with Gasteiger partial charge >= 0.3 is 17.9 Å². The minimum atomic E-state index is -0.878.